The Morgan fingerprint density at radius 1 is 1.08 bits per heavy atom. The van der Waals surface area contributed by atoms with Crippen LogP contribution < -0.4 is 19.5 Å². The van der Waals surface area contributed by atoms with Crippen LogP contribution in [0.3, 0.4) is 0 Å². The molecule has 3 rings (SSSR count). The lowest BCUT2D eigenvalue weighted by atomic mass is 9.83. The monoisotopic (exact) mass is 329 g/mol. The summed E-state index contributed by atoms with van der Waals surface area (Å²) in [6.07, 6.45) is 0.252. The molecule has 0 saturated heterocycles. The molecule has 1 aliphatic heterocycles. The average Bonchev–Trinajstić information content (AvgIpc) is 2.59. The van der Waals surface area contributed by atoms with Gasteiger partial charge in [0.25, 0.3) is 0 Å². The zero-order valence-electron chi connectivity index (χ0n) is 13.8. The Morgan fingerprint density at radius 2 is 1.83 bits per heavy atom. The van der Waals surface area contributed by atoms with Crippen LogP contribution in [0.4, 0.5) is 5.69 Å². The van der Waals surface area contributed by atoms with E-state index < -0.39 is 0 Å². The molecular weight excluding hydrogens is 310 g/mol. The van der Waals surface area contributed by atoms with Gasteiger partial charge >= 0.3 is 0 Å². The molecule has 0 fully saturated rings. The first-order valence-corrected chi connectivity index (χ1v) is 7.50. The number of carbonyl (C=O) groups excluding carboxylic acids is 1. The summed E-state index contributed by atoms with van der Waals surface area (Å²) in [5.41, 5.74) is 2.26. The predicted molar refractivity (Wildman–Crippen MR) is 89.3 cm³/mol. The number of carbonyl (C=O) groups is 1. The van der Waals surface area contributed by atoms with Crippen molar-refractivity contribution in [2.75, 3.05) is 26.6 Å². The summed E-state index contributed by atoms with van der Waals surface area (Å²) in [5, 5.41) is 12.6. The van der Waals surface area contributed by atoms with E-state index in [2.05, 4.69) is 5.32 Å². The maximum absolute atomic E-state index is 12.2. The Hall–Kier alpha value is -2.89. The minimum Gasteiger partial charge on any atom is -0.508 e. The Balaban J connectivity index is 2.25. The van der Waals surface area contributed by atoms with Crippen molar-refractivity contribution in [2.24, 2.45) is 0 Å². The summed E-state index contributed by atoms with van der Waals surface area (Å²) in [4.78, 5) is 12.2. The molecular formula is C18H19NO5. The fourth-order valence-corrected chi connectivity index (χ4v) is 3.14. The predicted octanol–water partition coefficient (Wildman–Crippen LogP) is 2.89. The molecule has 1 amide bonds. The summed E-state index contributed by atoms with van der Waals surface area (Å²) in [5.74, 6) is 1.26. The number of amides is 1. The summed E-state index contributed by atoms with van der Waals surface area (Å²) in [6, 6.07) is 8.61. The smallest absolute Gasteiger partial charge is 0.225 e. The maximum atomic E-state index is 12.2. The van der Waals surface area contributed by atoms with Crippen LogP contribution in [0, 0.1) is 0 Å². The third-order valence-electron chi connectivity index (χ3n) is 4.15. The quantitative estimate of drug-likeness (QED) is 0.902. The van der Waals surface area contributed by atoms with Crippen molar-refractivity contribution in [1.29, 1.82) is 0 Å². The first kappa shape index (κ1) is 16.0. The fourth-order valence-electron chi connectivity index (χ4n) is 3.14. The number of anilines is 1. The minimum absolute atomic E-state index is 0.106. The number of nitrogens with one attached hydrogen (secondary N) is 1. The molecule has 2 aromatic carbocycles. The molecule has 6 heteroatoms. The van der Waals surface area contributed by atoms with Crippen molar-refractivity contribution in [3.05, 3.63) is 41.5 Å². The van der Waals surface area contributed by atoms with E-state index in [1.165, 1.54) is 14.2 Å². The highest BCUT2D eigenvalue weighted by Crippen LogP contribution is 2.51. The van der Waals surface area contributed by atoms with Crippen molar-refractivity contribution in [2.45, 2.75) is 12.3 Å². The van der Waals surface area contributed by atoms with E-state index >= 15 is 0 Å². The second-order valence-electron chi connectivity index (χ2n) is 5.51. The number of phenols is 1. The van der Waals surface area contributed by atoms with Crippen molar-refractivity contribution in [3.8, 4) is 23.0 Å². The van der Waals surface area contributed by atoms with Crippen molar-refractivity contribution in [1.82, 2.24) is 0 Å². The van der Waals surface area contributed by atoms with Gasteiger partial charge in [-0.05, 0) is 17.7 Å². The van der Waals surface area contributed by atoms with Crippen LogP contribution in [-0.2, 0) is 4.79 Å². The zero-order chi connectivity index (χ0) is 17.3. The molecule has 0 radical (unpaired) electrons. The van der Waals surface area contributed by atoms with Crippen molar-refractivity contribution < 1.29 is 24.1 Å². The van der Waals surface area contributed by atoms with Gasteiger partial charge in [-0.2, -0.15) is 0 Å². The molecule has 0 aromatic heterocycles. The lowest BCUT2D eigenvalue weighted by Gasteiger charge is -2.29. The largest absolute Gasteiger partial charge is 0.508 e. The lowest BCUT2D eigenvalue weighted by Crippen LogP contribution is -2.24. The third kappa shape index (κ3) is 2.60. The second kappa shape index (κ2) is 6.31. The number of benzene rings is 2. The number of hydrogen-bond donors (Lipinski definition) is 2. The minimum atomic E-state index is -0.254. The molecule has 0 aliphatic carbocycles. The number of phenolic OH excluding ortho intramolecular Hbond substituents is 1. The summed E-state index contributed by atoms with van der Waals surface area (Å²) < 4.78 is 16.4. The first-order valence-electron chi connectivity index (χ1n) is 7.50. The highest BCUT2D eigenvalue weighted by atomic mass is 16.5. The van der Waals surface area contributed by atoms with Gasteiger partial charge in [0.2, 0.25) is 11.7 Å². The van der Waals surface area contributed by atoms with E-state index in [0.717, 1.165) is 11.1 Å². The summed E-state index contributed by atoms with van der Waals surface area (Å²) >= 11 is 0. The molecule has 6 nitrogen and oxygen atoms in total. The topological polar surface area (TPSA) is 77.0 Å². The fraction of sp³-hybridized carbons (Fsp3) is 0.278. The van der Waals surface area contributed by atoms with E-state index in [9.17, 15) is 9.90 Å². The molecule has 0 bridgehead atoms. The van der Waals surface area contributed by atoms with E-state index in [0.29, 0.717) is 22.9 Å². The van der Waals surface area contributed by atoms with Crippen LogP contribution in [0.25, 0.3) is 0 Å². The van der Waals surface area contributed by atoms with Crippen LogP contribution in [0.2, 0.25) is 0 Å². The normalized spacial score (nSPS) is 16.1. The average molecular weight is 329 g/mol. The van der Waals surface area contributed by atoms with Gasteiger partial charge in [0, 0.05) is 24.0 Å². The van der Waals surface area contributed by atoms with Crippen LogP contribution in [0.1, 0.15) is 23.5 Å². The van der Waals surface area contributed by atoms with E-state index in [1.807, 2.05) is 6.07 Å². The highest BCUT2D eigenvalue weighted by Gasteiger charge is 2.33. The first-order chi connectivity index (χ1) is 11.6. The number of methoxy groups -OCH3 is 3. The van der Waals surface area contributed by atoms with Crippen LogP contribution in [0.15, 0.2) is 30.3 Å². The van der Waals surface area contributed by atoms with Gasteiger partial charge in [0.1, 0.15) is 5.75 Å². The number of rotatable bonds is 4. The molecule has 1 atom stereocenters. The number of fused-ring (bicyclic) bond motifs is 1. The maximum Gasteiger partial charge on any atom is 0.225 e. The van der Waals surface area contributed by atoms with Gasteiger partial charge in [-0.3, -0.25) is 4.79 Å². The third-order valence-corrected chi connectivity index (χ3v) is 4.15. The number of ether oxygens (including phenoxy) is 3. The van der Waals surface area contributed by atoms with Gasteiger partial charge in [-0.25, -0.2) is 0 Å². The molecule has 24 heavy (non-hydrogen) atoms. The van der Waals surface area contributed by atoms with Gasteiger partial charge < -0.3 is 24.6 Å². The van der Waals surface area contributed by atoms with Crippen LogP contribution in [-0.4, -0.2) is 32.3 Å². The molecule has 0 saturated carbocycles. The van der Waals surface area contributed by atoms with Crippen molar-refractivity contribution in [3.63, 3.8) is 0 Å². The molecule has 0 spiro atoms. The molecule has 2 aromatic rings. The van der Waals surface area contributed by atoms with Gasteiger partial charge in [-0.1, -0.05) is 12.1 Å². The van der Waals surface area contributed by atoms with E-state index in [-0.39, 0.29) is 24.0 Å². The number of aromatic hydroxyl groups is 1. The van der Waals surface area contributed by atoms with E-state index in [4.69, 9.17) is 14.2 Å². The van der Waals surface area contributed by atoms with Crippen LogP contribution >= 0.6 is 0 Å². The second-order valence-corrected chi connectivity index (χ2v) is 5.51. The lowest BCUT2D eigenvalue weighted by molar-refractivity contribution is -0.116. The molecule has 1 unspecified atom stereocenters. The molecule has 1 aliphatic rings. The SMILES string of the molecule is COc1cc2c(c(OC)c1OC)C(c1cccc(O)c1)CC(=O)N2. The van der Waals surface area contributed by atoms with Crippen molar-refractivity contribution >= 4 is 11.6 Å². The highest BCUT2D eigenvalue weighted by molar-refractivity contribution is 5.97. The Labute approximate surface area is 140 Å². The number of hydrogen-bond acceptors (Lipinski definition) is 5. The Morgan fingerprint density at radius 3 is 2.46 bits per heavy atom. The Kier molecular flexibility index (Phi) is 4.20. The van der Waals surface area contributed by atoms with Gasteiger partial charge in [0.05, 0.1) is 27.0 Å². The molecule has 126 valence electrons. The molecule has 2 N–H and O–H groups in total. The van der Waals surface area contributed by atoms with E-state index in [1.54, 1.807) is 31.4 Å². The summed E-state index contributed by atoms with van der Waals surface area (Å²) in [7, 11) is 4.62. The van der Waals surface area contributed by atoms with Gasteiger partial charge in [0.15, 0.2) is 11.5 Å². The van der Waals surface area contributed by atoms with Crippen LogP contribution in [0.5, 0.6) is 23.0 Å². The zero-order valence-corrected chi connectivity index (χ0v) is 13.8. The van der Waals surface area contributed by atoms with Gasteiger partial charge in [-0.15, -0.1) is 0 Å². The summed E-state index contributed by atoms with van der Waals surface area (Å²) in [6.45, 7) is 0. The Bertz CT molecular complexity index is 787. The molecule has 1 heterocycles. The standard InChI is InChI=1S/C18H19NO5/c1-22-14-9-13-16(18(24-3)17(14)23-2)12(8-15(21)19-13)10-5-4-6-11(20)7-10/h4-7,9,12,20H,8H2,1-3H3,(H,19,21).